The van der Waals surface area contributed by atoms with Crippen LogP contribution in [0.1, 0.15) is 16.7 Å². The molecule has 1 heterocycles. The summed E-state index contributed by atoms with van der Waals surface area (Å²) in [7, 11) is 2.06. The highest BCUT2D eigenvalue weighted by molar-refractivity contribution is 5.91. The van der Waals surface area contributed by atoms with Gasteiger partial charge in [-0.1, -0.05) is 36.4 Å². The summed E-state index contributed by atoms with van der Waals surface area (Å²) in [6.45, 7) is 8.26. The highest BCUT2D eigenvalue weighted by atomic mass is 16.5. The summed E-state index contributed by atoms with van der Waals surface area (Å²) in [4.78, 5) is 15.1. The van der Waals surface area contributed by atoms with Crippen LogP contribution in [-0.2, 0) is 22.6 Å². The molecule has 1 amide bonds. The molecule has 0 saturated carbocycles. The first-order valence-corrected chi connectivity index (χ1v) is 9.76. The first kappa shape index (κ1) is 19.5. The third-order valence-electron chi connectivity index (χ3n) is 5.11. The van der Waals surface area contributed by atoms with E-state index < -0.39 is 0 Å². The van der Waals surface area contributed by atoms with Crippen LogP contribution in [0.3, 0.4) is 0 Å². The number of likely N-dealkylation sites (N-methyl/N-ethyl adjacent to an activating group) is 1. The van der Waals surface area contributed by atoms with Gasteiger partial charge in [0.15, 0.2) is 6.54 Å². The summed E-state index contributed by atoms with van der Waals surface area (Å²) < 4.78 is 5.41. The smallest absolute Gasteiger partial charge is 0.279 e. The second kappa shape index (κ2) is 9.65. The van der Waals surface area contributed by atoms with E-state index in [1.54, 1.807) is 4.90 Å². The minimum atomic E-state index is 0.0487. The Morgan fingerprint density at radius 2 is 1.81 bits per heavy atom. The fourth-order valence-electron chi connectivity index (χ4n) is 3.51. The zero-order valence-electron chi connectivity index (χ0n) is 16.4. The van der Waals surface area contributed by atoms with Crippen molar-refractivity contribution in [2.24, 2.45) is 0 Å². The van der Waals surface area contributed by atoms with Crippen molar-refractivity contribution in [3.63, 3.8) is 0 Å². The molecule has 3 rings (SSSR count). The van der Waals surface area contributed by atoms with E-state index >= 15 is 0 Å². The fourth-order valence-corrected chi connectivity index (χ4v) is 3.51. The minimum absolute atomic E-state index is 0.0487. The van der Waals surface area contributed by atoms with Gasteiger partial charge < -0.3 is 19.9 Å². The van der Waals surface area contributed by atoms with Crippen LogP contribution in [0.5, 0.6) is 0 Å². The van der Waals surface area contributed by atoms with Crippen LogP contribution < -0.4 is 15.1 Å². The van der Waals surface area contributed by atoms with Crippen molar-refractivity contribution in [3.8, 4) is 0 Å². The van der Waals surface area contributed by atoms with Crippen LogP contribution in [0, 0.1) is 6.92 Å². The Labute approximate surface area is 161 Å². The molecule has 0 spiro atoms. The van der Waals surface area contributed by atoms with Crippen molar-refractivity contribution in [2.75, 3.05) is 45.2 Å². The van der Waals surface area contributed by atoms with Gasteiger partial charge in [0.2, 0.25) is 0 Å². The van der Waals surface area contributed by atoms with Crippen LogP contribution in [0.4, 0.5) is 5.69 Å². The number of aryl methyl sites for hydroxylation is 1. The molecule has 0 bridgehead atoms. The van der Waals surface area contributed by atoms with Gasteiger partial charge >= 0.3 is 0 Å². The maximum atomic E-state index is 12.3. The molecule has 1 saturated heterocycles. The number of ether oxygens (including phenoxy) is 1. The Kier molecular flexibility index (Phi) is 6.98. The van der Waals surface area contributed by atoms with Crippen molar-refractivity contribution >= 4 is 11.6 Å². The quantitative estimate of drug-likeness (QED) is 0.647. The number of morpholine rings is 1. The molecule has 144 valence electrons. The average Bonchev–Trinajstić information content (AvgIpc) is 2.66. The highest BCUT2D eigenvalue weighted by Gasteiger charge is 2.15. The molecule has 0 radical (unpaired) electrons. The zero-order chi connectivity index (χ0) is 19.1. The van der Waals surface area contributed by atoms with E-state index in [0.717, 1.165) is 45.1 Å². The number of nitrogens with one attached hydrogen (secondary N) is 3. The highest BCUT2D eigenvalue weighted by Crippen LogP contribution is 2.09. The van der Waals surface area contributed by atoms with Crippen molar-refractivity contribution < 1.29 is 19.3 Å². The number of carbonyl (C=O) groups excluding carboxylic acids is 1. The summed E-state index contributed by atoms with van der Waals surface area (Å²) in [6, 6.07) is 16.6. The summed E-state index contributed by atoms with van der Waals surface area (Å²) in [5.74, 6) is 0.0487. The van der Waals surface area contributed by atoms with Crippen LogP contribution in [0.15, 0.2) is 48.5 Å². The van der Waals surface area contributed by atoms with Crippen LogP contribution in [0.25, 0.3) is 0 Å². The Morgan fingerprint density at radius 1 is 1.11 bits per heavy atom. The van der Waals surface area contributed by atoms with Crippen LogP contribution in [-0.4, -0.2) is 45.8 Å². The predicted molar refractivity (Wildman–Crippen MR) is 107 cm³/mol. The molecule has 1 atom stereocenters. The summed E-state index contributed by atoms with van der Waals surface area (Å²) in [5, 5.41) is 3.02. The van der Waals surface area contributed by atoms with Gasteiger partial charge in [-0.05, 0) is 24.6 Å². The van der Waals surface area contributed by atoms with Crippen molar-refractivity contribution in [1.82, 2.24) is 0 Å². The van der Waals surface area contributed by atoms with Crippen molar-refractivity contribution in [3.05, 3.63) is 65.2 Å². The van der Waals surface area contributed by atoms with E-state index in [4.69, 9.17) is 4.74 Å². The van der Waals surface area contributed by atoms with E-state index in [0.29, 0.717) is 6.54 Å². The monoisotopic (exact) mass is 369 g/mol. The topological polar surface area (TPSA) is 47.2 Å². The summed E-state index contributed by atoms with van der Waals surface area (Å²) >= 11 is 0. The zero-order valence-corrected chi connectivity index (χ0v) is 16.4. The number of rotatable bonds is 7. The Bertz CT molecular complexity index is 739. The van der Waals surface area contributed by atoms with E-state index in [2.05, 4.69) is 49.6 Å². The van der Waals surface area contributed by atoms with Gasteiger partial charge in [-0.15, -0.1) is 0 Å². The molecule has 1 unspecified atom stereocenters. The maximum Gasteiger partial charge on any atom is 0.279 e. The van der Waals surface area contributed by atoms with Crippen LogP contribution >= 0.6 is 0 Å². The molecule has 3 N–H and O–H groups in total. The number of benzene rings is 2. The van der Waals surface area contributed by atoms with Crippen molar-refractivity contribution in [1.29, 1.82) is 0 Å². The number of carbonyl (C=O) groups is 1. The lowest BCUT2D eigenvalue weighted by Gasteiger charge is -2.23. The SMILES string of the molecule is Cc1ccccc1C[NH+](C)CC(=O)Nc1ccc(C[NH+]2CCOCC2)cc1. The lowest BCUT2D eigenvalue weighted by molar-refractivity contribution is -0.921. The number of anilines is 1. The first-order valence-electron chi connectivity index (χ1n) is 9.76. The average molecular weight is 370 g/mol. The van der Waals surface area contributed by atoms with Gasteiger partial charge in [0.25, 0.3) is 5.91 Å². The van der Waals surface area contributed by atoms with E-state index in [9.17, 15) is 4.79 Å². The molecule has 1 fully saturated rings. The molecule has 1 aliphatic rings. The third-order valence-corrected chi connectivity index (χ3v) is 5.11. The predicted octanol–water partition coefficient (Wildman–Crippen LogP) is 0.0635. The van der Waals surface area contributed by atoms with E-state index in [1.807, 2.05) is 18.2 Å². The second-order valence-corrected chi connectivity index (χ2v) is 7.52. The van der Waals surface area contributed by atoms with Crippen molar-refractivity contribution in [2.45, 2.75) is 20.0 Å². The molecule has 5 heteroatoms. The number of amides is 1. The lowest BCUT2D eigenvalue weighted by atomic mass is 10.1. The Balaban J connectivity index is 1.46. The number of hydrogen-bond donors (Lipinski definition) is 3. The van der Waals surface area contributed by atoms with E-state index in [1.165, 1.54) is 21.6 Å². The molecule has 5 nitrogen and oxygen atoms in total. The minimum Gasteiger partial charge on any atom is -0.370 e. The Morgan fingerprint density at radius 3 is 2.52 bits per heavy atom. The normalized spacial score (nSPS) is 16.1. The molecule has 0 aromatic heterocycles. The fraction of sp³-hybridized carbons (Fsp3) is 0.409. The molecular weight excluding hydrogens is 338 g/mol. The summed E-state index contributed by atoms with van der Waals surface area (Å²) in [5.41, 5.74) is 4.73. The lowest BCUT2D eigenvalue weighted by Crippen LogP contribution is -3.12. The third kappa shape index (κ3) is 6.17. The molecule has 1 aliphatic heterocycles. The largest absolute Gasteiger partial charge is 0.370 e. The number of quaternary nitrogens is 2. The molecular formula is C22H31N3O2+2. The van der Waals surface area contributed by atoms with Gasteiger partial charge in [-0.2, -0.15) is 0 Å². The second-order valence-electron chi connectivity index (χ2n) is 7.52. The number of hydrogen-bond acceptors (Lipinski definition) is 2. The Hall–Kier alpha value is -2.21. The van der Waals surface area contributed by atoms with Gasteiger partial charge in [-0.3, -0.25) is 4.79 Å². The summed E-state index contributed by atoms with van der Waals surface area (Å²) in [6.07, 6.45) is 0. The van der Waals surface area contributed by atoms with Crippen LogP contribution in [0.2, 0.25) is 0 Å². The van der Waals surface area contributed by atoms with Gasteiger partial charge in [0.05, 0.1) is 20.3 Å². The first-order chi connectivity index (χ1) is 13.1. The molecule has 2 aromatic carbocycles. The molecule has 2 aromatic rings. The maximum absolute atomic E-state index is 12.3. The standard InChI is InChI=1S/C22H29N3O2/c1-18-5-3-4-6-20(18)16-24(2)17-22(26)23-21-9-7-19(8-10-21)15-25-11-13-27-14-12-25/h3-10H,11-17H2,1-2H3,(H,23,26)/p+2. The molecule has 27 heavy (non-hydrogen) atoms. The van der Waals surface area contributed by atoms with Gasteiger partial charge in [0.1, 0.15) is 26.2 Å². The van der Waals surface area contributed by atoms with Gasteiger partial charge in [-0.25, -0.2) is 0 Å². The van der Waals surface area contributed by atoms with E-state index in [-0.39, 0.29) is 5.91 Å². The molecule has 0 aliphatic carbocycles. The van der Waals surface area contributed by atoms with Gasteiger partial charge in [0, 0.05) is 16.8 Å².